The lowest BCUT2D eigenvalue weighted by atomic mass is 10.2. The zero-order chi connectivity index (χ0) is 17.4. The summed E-state index contributed by atoms with van der Waals surface area (Å²) in [6, 6.07) is 8.02. The van der Waals surface area contributed by atoms with E-state index in [0.29, 0.717) is 44.0 Å². The monoisotopic (exact) mass is 347 g/mol. The van der Waals surface area contributed by atoms with Crippen molar-refractivity contribution >= 4 is 16.7 Å². The second-order valence-electron chi connectivity index (χ2n) is 6.13. The van der Waals surface area contributed by atoms with Gasteiger partial charge >= 0.3 is 0 Å². The van der Waals surface area contributed by atoms with Gasteiger partial charge in [0.2, 0.25) is 0 Å². The molecular weight excluding hydrogens is 331 g/mol. The van der Waals surface area contributed by atoms with Crippen LogP contribution in [0.15, 0.2) is 40.9 Å². The number of fused-ring (bicyclic) bond motifs is 1. The van der Waals surface area contributed by atoms with Gasteiger partial charge in [0.05, 0.1) is 5.69 Å². The second kappa shape index (κ2) is 6.40. The summed E-state index contributed by atoms with van der Waals surface area (Å²) in [7, 11) is 0. The lowest BCUT2D eigenvalue weighted by Crippen LogP contribution is -2.46. The summed E-state index contributed by atoms with van der Waals surface area (Å²) in [6.07, 6.45) is 0. The van der Waals surface area contributed by atoms with Gasteiger partial charge in [-0.05, 0) is 24.3 Å². The quantitative estimate of drug-likeness (QED) is 0.725. The van der Waals surface area contributed by atoms with Crippen molar-refractivity contribution in [1.82, 2.24) is 10.1 Å². The van der Waals surface area contributed by atoms with Crippen molar-refractivity contribution < 1.29 is 17.7 Å². The van der Waals surface area contributed by atoms with E-state index in [1.807, 2.05) is 4.90 Å². The molecule has 0 aliphatic carbocycles. The Morgan fingerprint density at radius 2 is 1.64 bits per heavy atom. The first-order valence-corrected chi connectivity index (χ1v) is 8.06. The number of hydrogen-bond acceptors (Lipinski definition) is 4. The fraction of sp³-hybridized carbons (Fsp3) is 0.278. The minimum absolute atomic E-state index is 0.356. The summed E-state index contributed by atoms with van der Waals surface area (Å²) in [6.45, 7) is 3.27. The molecule has 1 aromatic heterocycles. The summed E-state index contributed by atoms with van der Waals surface area (Å²) < 4.78 is 45.3. The van der Waals surface area contributed by atoms with E-state index in [4.69, 9.17) is 4.52 Å². The van der Waals surface area contributed by atoms with Crippen LogP contribution < -0.4 is 4.90 Å². The molecule has 4 rings (SSSR count). The van der Waals surface area contributed by atoms with Gasteiger partial charge in [0.25, 0.3) is 0 Å². The minimum Gasteiger partial charge on any atom is -0.367 e. The zero-order valence-corrected chi connectivity index (χ0v) is 13.4. The van der Waals surface area contributed by atoms with E-state index >= 15 is 0 Å². The van der Waals surface area contributed by atoms with Crippen LogP contribution in [-0.4, -0.2) is 36.2 Å². The highest BCUT2D eigenvalue weighted by Gasteiger charge is 2.21. The van der Waals surface area contributed by atoms with Crippen molar-refractivity contribution in [2.24, 2.45) is 0 Å². The number of benzene rings is 2. The van der Waals surface area contributed by atoms with Gasteiger partial charge in [0, 0.05) is 50.2 Å². The van der Waals surface area contributed by atoms with Gasteiger partial charge in [-0.1, -0.05) is 5.16 Å². The Hall–Kier alpha value is -2.54. The third-order valence-electron chi connectivity index (χ3n) is 4.50. The Bertz CT molecular complexity index is 904. The molecule has 2 aromatic carbocycles. The Morgan fingerprint density at radius 1 is 0.920 bits per heavy atom. The highest BCUT2D eigenvalue weighted by atomic mass is 19.1. The maximum absolute atomic E-state index is 13.9. The van der Waals surface area contributed by atoms with Crippen LogP contribution in [0.1, 0.15) is 5.69 Å². The molecule has 0 spiro atoms. The summed E-state index contributed by atoms with van der Waals surface area (Å²) in [4.78, 5) is 4.08. The number of piperazine rings is 1. The normalized spacial score (nSPS) is 15.9. The molecule has 3 aromatic rings. The van der Waals surface area contributed by atoms with Crippen molar-refractivity contribution in [1.29, 1.82) is 0 Å². The van der Waals surface area contributed by atoms with E-state index in [9.17, 15) is 13.2 Å². The molecule has 0 N–H and O–H groups in total. The standard InChI is InChI=1S/C18H16F3N3O/c19-12-2-4-17(15(21)9-12)24-7-5-23(6-8-24)11-16-14-3-1-13(20)10-18(14)25-22-16/h1-4,9-10H,5-8,11H2. The van der Waals surface area contributed by atoms with E-state index in [1.54, 1.807) is 6.07 Å². The molecule has 130 valence electrons. The SMILES string of the molecule is Fc1ccc(N2CCN(Cc3noc4cc(F)ccc34)CC2)c(F)c1. The average Bonchev–Trinajstić information content (AvgIpc) is 2.98. The molecule has 2 heterocycles. The molecule has 0 saturated carbocycles. The number of rotatable bonds is 3. The summed E-state index contributed by atoms with van der Waals surface area (Å²) in [5, 5.41) is 4.83. The van der Waals surface area contributed by atoms with Crippen LogP contribution in [-0.2, 0) is 6.54 Å². The second-order valence-corrected chi connectivity index (χ2v) is 6.13. The molecule has 25 heavy (non-hydrogen) atoms. The molecule has 1 aliphatic rings. The van der Waals surface area contributed by atoms with E-state index in [-0.39, 0.29) is 5.82 Å². The van der Waals surface area contributed by atoms with Gasteiger partial charge < -0.3 is 9.42 Å². The van der Waals surface area contributed by atoms with Gasteiger partial charge in [-0.2, -0.15) is 0 Å². The van der Waals surface area contributed by atoms with Crippen LogP contribution in [0.3, 0.4) is 0 Å². The molecule has 4 nitrogen and oxygen atoms in total. The van der Waals surface area contributed by atoms with Crippen LogP contribution in [0, 0.1) is 17.5 Å². The Morgan fingerprint density at radius 3 is 2.40 bits per heavy atom. The van der Waals surface area contributed by atoms with Gasteiger partial charge in [0.1, 0.15) is 23.1 Å². The van der Waals surface area contributed by atoms with Gasteiger partial charge in [-0.25, -0.2) is 13.2 Å². The maximum Gasteiger partial charge on any atom is 0.170 e. The zero-order valence-electron chi connectivity index (χ0n) is 13.4. The Labute approximate surface area is 142 Å². The van der Waals surface area contributed by atoms with Gasteiger partial charge in [0.15, 0.2) is 5.58 Å². The molecule has 0 bridgehead atoms. The average molecular weight is 347 g/mol. The minimum atomic E-state index is -0.575. The number of nitrogens with zero attached hydrogens (tertiary/aromatic N) is 3. The summed E-state index contributed by atoms with van der Waals surface area (Å²) >= 11 is 0. The smallest absolute Gasteiger partial charge is 0.170 e. The molecular formula is C18H16F3N3O. The van der Waals surface area contributed by atoms with Gasteiger partial charge in [-0.15, -0.1) is 0 Å². The largest absolute Gasteiger partial charge is 0.367 e. The van der Waals surface area contributed by atoms with E-state index in [0.717, 1.165) is 17.1 Å². The van der Waals surface area contributed by atoms with Crippen molar-refractivity contribution in [3.05, 3.63) is 59.5 Å². The highest BCUT2D eigenvalue weighted by molar-refractivity contribution is 5.79. The van der Waals surface area contributed by atoms with Crippen molar-refractivity contribution in [2.45, 2.75) is 6.54 Å². The first kappa shape index (κ1) is 16.0. The number of aromatic nitrogens is 1. The van der Waals surface area contributed by atoms with Crippen LogP contribution >= 0.6 is 0 Å². The molecule has 1 saturated heterocycles. The molecule has 7 heteroatoms. The van der Waals surface area contributed by atoms with Crippen molar-refractivity contribution in [2.75, 3.05) is 31.1 Å². The third-order valence-corrected chi connectivity index (χ3v) is 4.50. The Kier molecular flexibility index (Phi) is 4.09. The molecule has 1 fully saturated rings. The summed E-state index contributed by atoms with van der Waals surface area (Å²) in [5.74, 6) is -1.47. The lowest BCUT2D eigenvalue weighted by Gasteiger charge is -2.35. The molecule has 0 atom stereocenters. The number of hydrogen-bond donors (Lipinski definition) is 0. The molecule has 0 radical (unpaired) electrons. The first-order valence-electron chi connectivity index (χ1n) is 8.06. The number of anilines is 1. The fourth-order valence-electron chi connectivity index (χ4n) is 3.17. The molecule has 0 amide bonds. The predicted molar refractivity (Wildman–Crippen MR) is 87.8 cm³/mol. The van der Waals surface area contributed by atoms with Crippen LogP contribution in [0.5, 0.6) is 0 Å². The van der Waals surface area contributed by atoms with E-state index in [1.165, 1.54) is 24.3 Å². The topological polar surface area (TPSA) is 32.5 Å². The van der Waals surface area contributed by atoms with Crippen LogP contribution in [0.2, 0.25) is 0 Å². The van der Waals surface area contributed by atoms with Crippen molar-refractivity contribution in [3.8, 4) is 0 Å². The van der Waals surface area contributed by atoms with Gasteiger partial charge in [-0.3, -0.25) is 4.90 Å². The highest BCUT2D eigenvalue weighted by Crippen LogP contribution is 2.24. The Balaban J connectivity index is 1.43. The molecule has 1 aliphatic heterocycles. The van der Waals surface area contributed by atoms with Crippen LogP contribution in [0.25, 0.3) is 11.0 Å². The third kappa shape index (κ3) is 3.19. The fourth-order valence-corrected chi connectivity index (χ4v) is 3.17. The predicted octanol–water partition coefficient (Wildman–Crippen LogP) is 3.57. The lowest BCUT2D eigenvalue weighted by molar-refractivity contribution is 0.242. The van der Waals surface area contributed by atoms with Crippen molar-refractivity contribution in [3.63, 3.8) is 0 Å². The first-order chi connectivity index (χ1) is 12.1. The van der Waals surface area contributed by atoms with E-state index in [2.05, 4.69) is 10.1 Å². The molecule has 0 unspecified atom stereocenters. The number of halogens is 3. The van der Waals surface area contributed by atoms with E-state index < -0.39 is 11.6 Å². The van der Waals surface area contributed by atoms with Crippen LogP contribution in [0.4, 0.5) is 18.9 Å². The maximum atomic E-state index is 13.9. The summed E-state index contributed by atoms with van der Waals surface area (Å²) in [5.41, 5.74) is 1.61.